The SMILES string of the molecule is CC(C)c1nc2ccnn2c(O)c1Oc1ccc(Cl)c(F)c1. The Morgan fingerprint density at radius 1 is 1.32 bits per heavy atom. The molecule has 22 heavy (non-hydrogen) atoms. The fourth-order valence-electron chi connectivity index (χ4n) is 2.08. The Balaban J connectivity index is 2.13. The van der Waals surface area contributed by atoms with Gasteiger partial charge in [0.25, 0.3) is 5.88 Å². The van der Waals surface area contributed by atoms with Crippen LogP contribution >= 0.6 is 11.6 Å². The number of hydrogen-bond acceptors (Lipinski definition) is 4. The number of nitrogens with zero attached hydrogens (tertiary/aromatic N) is 3. The van der Waals surface area contributed by atoms with Crippen molar-refractivity contribution in [2.45, 2.75) is 19.8 Å². The van der Waals surface area contributed by atoms with Gasteiger partial charge in [-0.1, -0.05) is 25.4 Å². The molecule has 0 saturated carbocycles. The Labute approximate surface area is 130 Å². The van der Waals surface area contributed by atoms with Crippen molar-refractivity contribution in [2.24, 2.45) is 0 Å². The third-order valence-electron chi connectivity index (χ3n) is 3.15. The summed E-state index contributed by atoms with van der Waals surface area (Å²) in [5.41, 5.74) is 1.07. The van der Waals surface area contributed by atoms with E-state index < -0.39 is 5.82 Å². The predicted molar refractivity (Wildman–Crippen MR) is 80.2 cm³/mol. The molecule has 0 aliphatic carbocycles. The van der Waals surface area contributed by atoms with E-state index in [1.54, 1.807) is 6.07 Å². The summed E-state index contributed by atoms with van der Waals surface area (Å²) in [5, 5.41) is 14.4. The molecule has 7 heteroatoms. The third-order valence-corrected chi connectivity index (χ3v) is 3.46. The second-order valence-corrected chi connectivity index (χ2v) is 5.49. The lowest BCUT2D eigenvalue weighted by Gasteiger charge is -2.15. The van der Waals surface area contributed by atoms with E-state index in [1.807, 2.05) is 13.8 Å². The smallest absolute Gasteiger partial charge is 0.260 e. The van der Waals surface area contributed by atoms with Crippen molar-refractivity contribution in [3.8, 4) is 17.4 Å². The standard InChI is InChI=1S/C15H13ClFN3O2/c1-8(2)13-14(15(21)20-12(19-13)5-6-18-20)22-9-3-4-10(16)11(17)7-9/h3-8,21H,1-2H3. The first-order valence-corrected chi connectivity index (χ1v) is 7.04. The van der Waals surface area contributed by atoms with Crippen molar-refractivity contribution in [2.75, 3.05) is 0 Å². The zero-order valence-electron chi connectivity index (χ0n) is 11.9. The van der Waals surface area contributed by atoms with E-state index in [2.05, 4.69) is 10.1 Å². The van der Waals surface area contributed by atoms with Crippen LogP contribution in [0.4, 0.5) is 4.39 Å². The van der Waals surface area contributed by atoms with Crippen molar-refractivity contribution < 1.29 is 14.2 Å². The van der Waals surface area contributed by atoms with Gasteiger partial charge in [0.1, 0.15) is 11.6 Å². The van der Waals surface area contributed by atoms with E-state index in [1.165, 1.54) is 22.8 Å². The summed E-state index contributed by atoms with van der Waals surface area (Å²) in [4.78, 5) is 4.43. The molecule has 3 aromatic rings. The summed E-state index contributed by atoms with van der Waals surface area (Å²) in [6.45, 7) is 3.84. The maximum absolute atomic E-state index is 13.5. The van der Waals surface area contributed by atoms with Crippen LogP contribution in [0.25, 0.3) is 5.65 Å². The summed E-state index contributed by atoms with van der Waals surface area (Å²) >= 11 is 5.65. The third kappa shape index (κ3) is 2.46. The molecule has 3 rings (SSSR count). The number of benzene rings is 1. The molecule has 0 fully saturated rings. The van der Waals surface area contributed by atoms with Gasteiger partial charge in [-0.3, -0.25) is 0 Å². The predicted octanol–water partition coefficient (Wildman–Crippen LogP) is 4.14. The van der Waals surface area contributed by atoms with Gasteiger partial charge in [-0.05, 0) is 18.1 Å². The Hall–Kier alpha value is -2.34. The minimum atomic E-state index is -0.599. The van der Waals surface area contributed by atoms with Crippen molar-refractivity contribution >= 4 is 17.2 Å². The molecule has 2 aromatic heterocycles. The lowest BCUT2D eigenvalue weighted by Crippen LogP contribution is -2.03. The first-order valence-electron chi connectivity index (χ1n) is 6.67. The number of aromatic hydroxyl groups is 1. The van der Waals surface area contributed by atoms with Crippen molar-refractivity contribution in [1.29, 1.82) is 0 Å². The molecule has 0 aliphatic heterocycles. The molecule has 0 saturated heterocycles. The maximum atomic E-state index is 13.5. The van der Waals surface area contributed by atoms with Crippen molar-refractivity contribution in [3.05, 3.63) is 47.0 Å². The van der Waals surface area contributed by atoms with Crippen LogP contribution in [0.5, 0.6) is 17.4 Å². The largest absolute Gasteiger partial charge is 0.490 e. The Bertz CT molecular complexity index is 848. The summed E-state index contributed by atoms with van der Waals surface area (Å²) in [7, 11) is 0. The quantitative estimate of drug-likeness (QED) is 0.787. The molecule has 0 radical (unpaired) electrons. The van der Waals surface area contributed by atoms with Crippen LogP contribution in [0, 0.1) is 5.82 Å². The first kappa shape index (κ1) is 14.6. The van der Waals surface area contributed by atoms with E-state index >= 15 is 0 Å². The maximum Gasteiger partial charge on any atom is 0.260 e. The molecular weight excluding hydrogens is 309 g/mol. The highest BCUT2D eigenvalue weighted by Crippen LogP contribution is 2.37. The summed E-state index contributed by atoms with van der Waals surface area (Å²) in [6, 6.07) is 5.73. The van der Waals surface area contributed by atoms with Crippen LogP contribution < -0.4 is 4.74 Å². The summed E-state index contributed by atoms with van der Waals surface area (Å²) in [6.07, 6.45) is 1.53. The minimum absolute atomic E-state index is 0.00121. The number of ether oxygens (including phenoxy) is 1. The topological polar surface area (TPSA) is 59.7 Å². The fourth-order valence-corrected chi connectivity index (χ4v) is 2.19. The van der Waals surface area contributed by atoms with Gasteiger partial charge >= 0.3 is 0 Å². The van der Waals surface area contributed by atoms with Crippen LogP contribution in [0.2, 0.25) is 5.02 Å². The number of halogens is 2. The molecule has 2 heterocycles. The lowest BCUT2D eigenvalue weighted by molar-refractivity contribution is 0.375. The number of fused-ring (bicyclic) bond motifs is 1. The van der Waals surface area contributed by atoms with Crippen LogP contribution in [-0.4, -0.2) is 19.7 Å². The molecule has 0 unspecified atom stereocenters. The van der Waals surface area contributed by atoms with E-state index in [0.717, 1.165) is 6.07 Å². The van der Waals surface area contributed by atoms with Gasteiger partial charge in [0.05, 0.1) is 16.9 Å². The fraction of sp³-hybridized carbons (Fsp3) is 0.200. The highest BCUT2D eigenvalue weighted by Gasteiger charge is 2.20. The number of rotatable bonds is 3. The van der Waals surface area contributed by atoms with Gasteiger partial charge in [-0.25, -0.2) is 9.37 Å². The molecule has 0 aliphatic rings. The second-order valence-electron chi connectivity index (χ2n) is 5.08. The van der Waals surface area contributed by atoms with Gasteiger partial charge in [0.15, 0.2) is 5.65 Å². The molecule has 114 valence electrons. The molecular formula is C15H13ClFN3O2. The van der Waals surface area contributed by atoms with Crippen LogP contribution in [0.3, 0.4) is 0 Å². The zero-order valence-corrected chi connectivity index (χ0v) is 12.7. The second kappa shape index (κ2) is 5.46. The highest BCUT2D eigenvalue weighted by atomic mass is 35.5. The molecule has 5 nitrogen and oxygen atoms in total. The van der Waals surface area contributed by atoms with Gasteiger partial charge < -0.3 is 9.84 Å². The molecule has 0 spiro atoms. The first-order chi connectivity index (χ1) is 10.5. The average molecular weight is 322 g/mol. The Kier molecular flexibility index (Phi) is 3.62. The van der Waals surface area contributed by atoms with E-state index in [0.29, 0.717) is 11.3 Å². The van der Waals surface area contributed by atoms with E-state index in [4.69, 9.17) is 16.3 Å². The minimum Gasteiger partial charge on any atom is -0.490 e. The summed E-state index contributed by atoms with van der Waals surface area (Å²) < 4.78 is 20.4. The van der Waals surface area contributed by atoms with Crippen LogP contribution in [0.15, 0.2) is 30.5 Å². The average Bonchev–Trinajstić information content (AvgIpc) is 2.94. The highest BCUT2D eigenvalue weighted by molar-refractivity contribution is 6.30. The molecule has 1 aromatic carbocycles. The van der Waals surface area contributed by atoms with Gasteiger partial charge in [0.2, 0.25) is 5.75 Å². The van der Waals surface area contributed by atoms with Crippen LogP contribution in [-0.2, 0) is 0 Å². The normalized spacial score (nSPS) is 11.3. The van der Waals surface area contributed by atoms with Crippen molar-refractivity contribution in [3.63, 3.8) is 0 Å². The monoisotopic (exact) mass is 321 g/mol. The Morgan fingerprint density at radius 3 is 2.77 bits per heavy atom. The van der Waals surface area contributed by atoms with E-state index in [-0.39, 0.29) is 28.3 Å². The number of aromatic nitrogens is 3. The van der Waals surface area contributed by atoms with Crippen molar-refractivity contribution in [1.82, 2.24) is 14.6 Å². The number of hydrogen-bond donors (Lipinski definition) is 1. The molecule has 0 atom stereocenters. The van der Waals surface area contributed by atoms with Crippen LogP contribution in [0.1, 0.15) is 25.5 Å². The molecule has 1 N–H and O–H groups in total. The summed E-state index contributed by atoms with van der Waals surface area (Å²) in [5.74, 6) is -0.426. The van der Waals surface area contributed by atoms with E-state index in [9.17, 15) is 9.50 Å². The van der Waals surface area contributed by atoms with Gasteiger partial charge in [-0.15, -0.1) is 0 Å². The molecule has 0 bridgehead atoms. The van der Waals surface area contributed by atoms with Gasteiger partial charge in [0, 0.05) is 12.1 Å². The lowest BCUT2D eigenvalue weighted by atomic mass is 10.1. The Morgan fingerprint density at radius 2 is 2.09 bits per heavy atom. The zero-order chi connectivity index (χ0) is 15.9. The molecule has 0 amide bonds. The van der Waals surface area contributed by atoms with Gasteiger partial charge in [-0.2, -0.15) is 9.61 Å².